The lowest BCUT2D eigenvalue weighted by Gasteiger charge is -2.38. The average Bonchev–Trinajstić information content (AvgIpc) is 2.84. The van der Waals surface area contributed by atoms with Gasteiger partial charge in [-0.1, -0.05) is 36.2 Å². The van der Waals surface area contributed by atoms with Gasteiger partial charge >= 0.3 is 18.3 Å². The minimum Gasteiger partial charge on any atom is -0.470 e. The smallest absolute Gasteiger partial charge is 0.422 e. The monoisotopic (exact) mass is 600 g/mol. The third kappa shape index (κ3) is 5.94. The van der Waals surface area contributed by atoms with Crippen molar-refractivity contribution < 1.29 is 45.7 Å². The summed E-state index contributed by atoms with van der Waals surface area (Å²) in [5.74, 6) is -3.51. The number of methoxy groups -OCH3 is 1. The van der Waals surface area contributed by atoms with Crippen LogP contribution in [0.25, 0.3) is 0 Å². The Morgan fingerprint density at radius 2 is 1.85 bits per heavy atom. The molecule has 1 aliphatic carbocycles. The topological polar surface area (TPSA) is 90.7 Å². The molecule has 0 bridgehead atoms. The number of hydrogen-bond donors (Lipinski definition) is 1. The fourth-order valence-electron chi connectivity index (χ4n) is 4.05. The molecule has 3 rings (SSSR count). The van der Waals surface area contributed by atoms with E-state index in [0.29, 0.717) is 12.3 Å². The Kier molecular flexibility index (Phi) is 8.49. The van der Waals surface area contributed by atoms with Gasteiger partial charge in [0.25, 0.3) is 5.56 Å². The van der Waals surface area contributed by atoms with Gasteiger partial charge in [-0.05, 0) is 17.7 Å². The minimum absolute atomic E-state index is 0.133. The first-order valence-corrected chi connectivity index (χ1v) is 11.7. The van der Waals surface area contributed by atoms with E-state index < -0.39 is 69.1 Å². The molecule has 2 aromatic rings. The lowest BCUT2D eigenvalue weighted by Crippen LogP contribution is -2.49. The van der Waals surface area contributed by atoms with Crippen molar-refractivity contribution in [1.29, 1.82) is 0 Å². The number of carbonyl (C=O) groups excluding carboxylic acids is 1. The second kappa shape index (κ2) is 10.9. The Morgan fingerprint density at radius 3 is 2.36 bits per heavy atom. The molecule has 3 atom stereocenters. The lowest BCUT2D eigenvalue weighted by atomic mass is 9.76. The number of allylic oxidation sites excluding steroid dienone is 1. The highest BCUT2D eigenvalue weighted by atomic mass is 35.5. The molecule has 0 fully saturated rings. The summed E-state index contributed by atoms with van der Waals surface area (Å²) in [6.45, 7) is 1.07. The van der Waals surface area contributed by atoms with E-state index >= 15 is 0 Å². The van der Waals surface area contributed by atoms with Crippen molar-refractivity contribution in [2.45, 2.75) is 37.4 Å². The molecule has 0 saturated heterocycles. The third-order valence-electron chi connectivity index (χ3n) is 6.15. The van der Waals surface area contributed by atoms with Gasteiger partial charge in [0.15, 0.2) is 5.60 Å². The molecule has 1 unspecified atom stereocenters. The van der Waals surface area contributed by atoms with Gasteiger partial charge in [0, 0.05) is 48.4 Å². The highest BCUT2D eigenvalue weighted by molar-refractivity contribution is 6.30. The van der Waals surface area contributed by atoms with Gasteiger partial charge in [0.1, 0.15) is 11.1 Å². The van der Waals surface area contributed by atoms with E-state index in [4.69, 9.17) is 27.9 Å². The quantitative estimate of drug-likeness (QED) is 0.346. The van der Waals surface area contributed by atoms with Crippen molar-refractivity contribution in [1.82, 2.24) is 9.55 Å². The van der Waals surface area contributed by atoms with Crippen molar-refractivity contribution in [3.63, 3.8) is 0 Å². The lowest BCUT2D eigenvalue weighted by molar-refractivity contribution is -0.280. The fourth-order valence-corrected chi connectivity index (χ4v) is 4.68. The molecule has 2 aromatic heterocycles. The Balaban J connectivity index is 1.93. The summed E-state index contributed by atoms with van der Waals surface area (Å²) in [6, 6.07) is 1.21. The highest BCUT2D eigenvalue weighted by Crippen LogP contribution is 2.49. The molecule has 7 nitrogen and oxygen atoms in total. The van der Waals surface area contributed by atoms with Crippen molar-refractivity contribution in [2.75, 3.05) is 7.11 Å². The molecule has 0 amide bonds. The highest BCUT2D eigenvalue weighted by Gasteiger charge is 2.59. The van der Waals surface area contributed by atoms with Gasteiger partial charge < -0.3 is 19.1 Å². The second-order valence-corrected chi connectivity index (χ2v) is 9.48. The number of hydrogen-bond acceptors (Lipinski definition) is 6. The number of esters is 1. The van der Waals surface area contributed by atoms with Crippen LogP contribution in [0.1, 0.15) is 34.8 Å². The molecule has 2 heterocycles. The van der Waals surface area contributed by atoms with Gasteiger partial charge in [0.05, 0.1) is 18.2 Å². The van der Waals surface area contributed by atoms with Gasteiger partial charge in [-0.25, -0.2) is 9.78 Å². The van der Waals surface area contributed by atoms with Gasteiger partial charge in [-0.2, -0.15) is 26.3 Å². The molecule has 0 spiro atoms. The zero-order valence-corrected chi connectivity index (χ0v) is 21.8. The van der Waals surface area contributed by atoms with Gasteiger partial charge in [-0.3, -0.25) is 4.79 Å². The molecule has 0 aromatic carbocycles. The minimum atomic E-state index is -5.24. The molecule has 212 valence electrons. The zero-order valence-electron chi connectivity index (χ0n) is 20.3. The van der Waals surface area contributed by atoms with Crippen LogP contribution in [0.5, 0.6) is 5.88 Å². The number of aromatic nitrogens is 2. The normalized spacial score (nSPS) is 18.5. The number of nitrogens with zero attached hydrogens (tertiary/aromatic N) is 2. The Morgan fingerprint density at radius 1 is 1.21 bits per heavy atom. The summed E-state index contributed by atoms with van der Waals surface area (Å²) >= 11 is 12.1. The molecule has 1 aliphatic rings. The number of aryl methyl sites for hydroxylation is 1. The average molecular weight is 601 g/mol. The number of rotatable bonds is 6. The van der Waals surface area contributed by atoms with E-state index in [-0.39, 0.29) is 17.0 Å². The number of aliphatic hydroxyl groups is 1. The first-order chi connectivity index (χ1) is 17.9. The third-order valence-corrected chi connectivity index (χ3v) is 6.79. The summed E-state index contributed by atoms with van der Waals surface area (Å²) in [4.78, 5) is 27.2. The van der Waals surface area contributed by atoms with E-state index in [1.165, 1.54) is 13.1 Å². The molecule has 1 N–H and O–H groups in total. The number of pyridine rings is 2. The molecule has 15 heteroatoms. The fraction of sp³-hybridized carbons (Fsp3) is 0.375. The Labute approximate surface area is 227 Å². The standard InChI is InChI=1S/C24H20Cl2F6N2O5/c1-11(22(37,24(30,31)32)12-6-18(26)20(35)34(2)10-12)14-5-4-13(7-17(14)25)39-19-8-16(23(27,28)29)15(9-33-19)21(36)38-3/h4-6,8-11,13,37H,7H2,1-3H3/t11-,13?,22-/m0/s1. The van der Waals surface area contributed by atoms with Crippen LogP contribution in [-0.2, 0) is 23.6 Å². The molecular formula is C24H20Cl2F6N2O5. The number of alkyl halides is 6. The number of ether oxygens (including phenoxy) is 2. The van der Waals surface area contributed by atoms with E-state index in [1.54, 1.807) is 0 Å². The van der Waals surface area contributed by atoms with Crippen LogP contribution in [0.2, 0.25) is 5.02 Å². The summed E-state index contributed by atoms with van der Waals surface area (Å²) in [5, 5.41) is 10.3. The number of halogens is 8. The summed E-state index contributed by atoms with van der Waals surface area (Å²) in [6.07, 6.45) is -7.67. The van der Waals surface area contributed by atoms with Crippen LogP contribution < -0.4 is 10.3 Å². The zero-order chi connectivity index (χ0) is 29.5. The Hall–Kier alpha value is -3.03. The first-order valence-electron chi connectivity index (χ1n) is 11.0. The second-order valence-electron chi connectivity index (χ2n) is 8.62. The van der Waals surface area contributed by atoms with E-state index in [9.17, 15) is 41.0 Å². The van der Waals surface area contributed by atoms with Crippen LogP contribution in [-0.4, -0.2) is 40.0 Å². The van der Waals surface area contributed by atoms with Crippen molar-refractivity contribution in [3.8, 4) is 5.88 Å². The van der Waals surface area contributed by atoms with Crippen molar-refractivity contribution >= 4 is 29.2 Å². The molecule has 0 radical (unpaired) electrons. The molecule has 0 saturated carbocycles. The van der Waals surface area contributed by atoms with E-state index in [2.05, 4.69) is 9.72 Å². The SMILES string of the molecule is COC(=O)c1cnc(OC2C=CC([C@H](C)[C@](O)(c3cc(Cl)c(=O)n(C)c3)C(F)(F)F)=C(Cl)C2)cc1C(F)(F)F. The maximum absolute atomic E-state index is 14.3. The maximum atomic E-state index is 14.3. The first kappa shape index (κ1) is 30.5. The summed E-state index contributed by atoms with van der Waals surface area (Å²) in [5.41, 5.74) is -7.33. The molecular weight excluding hydrogens is 581 g/mol. The van der Waals surface area contributed by atoms with E-state index in [0.717, 1.165) is 36.9 Å². The predicted molar refractivity (Wildman–Crippen MR) is 127 cm³/mol. The van der Waals surface area contributed by atoms with Crippen molar-refractivity contribution in [2.24, 2.45) is 13.0 Å². The van der Waals surface area contributed by atoms with Crippen LogP contribution in [0.3, 0.4) is 0 Å². The van der Waals surface area contributed by atoms with Gasteiger partial charge in [0.2, 0.25) is 5.88 Å². The maximum Gasteiger partial charge on any atom is 0.422 e. The van der Waals surface area contributed by atoms with Crippen LogP contribution in [0.4, 0.5) is 26.3 Å². The predicted octanol–water partition coefficient (Wildman–Crippen LogP) is 5.53. The summed E-state index contributed by atoms with van der Waals surface area (Å²) < 4.78 is 93.7. The van der Waals surface area contributed by atoms with Crippen LogP contribution >= 0.6 is 23.2 Å². The largest absolute Gasteiger partial charge is 0.470 e. The molecule has 39 heavy (non-hydrogen) atoms. The molecule has 0 aliphatic heterocycles. The van der Waals surface area contributed by atoms with Crippen LogP contribution in [0, 0.1) is 5.92 Å². The van der Waals surface area contributed by atoms with Crippen LogP contribution in [0.15, 0.2) is 52.1 Å². The van der Waals surface area contributed by atoms with Crippen molar-refractivity contribution in [3.05, 3.63) is 79.4 Å². The van der Waals surface area contributed by atoms with Gasteiger partial charge in [-0.15, -0.1) is 0 Å². The summed E-state index contributed by atoms with van der Waals surface area (Å²) in [7, 11) is 2.07. The Bertz CT molecular complexity index is 1380. The van der Waals surface area contributed by atoms with E-state index in [1.807, 2.05) is 0 Å². The number of carbonyl (C=O) groups is 1.